The third-order valence-electron chi connectivity index (χ3n) is 6.72. The Balaban J connectivity index is 1.48. The molecule has 6 unspecified atom stereocenters. The molecule has 1 N–H and O–H groups in total. The van der Waals surface area contributed by atoms with Gasteiger partial charge in [0.2, 0.25) is 5.82 Å². The Morgan fingerprint density at radius 2 is 1.79 bits per heavy atom. The molecule has 0 radical (unpaired) electrons. The summed E-state index contributed by atoms with van der Waals surface area (Å²) in [5.41, 5.74) is 2.35. The van der Waals surface area contributed by atoms with Gasteiger partial charge in [0.1, 0.15) is 11.5 Å². The summed E-state index contributed by atoms with van der Waals surface area (Å²) >= 11 is 0. The van der Waals surface area contributed by atoms with Crippen molar-refractivity contribution in [2.45, 2.75) is 50.9 Å². The molecule has 1 aliphatic carbocycles. The summed E-state index contributed by atoms with van der Waals surface area (Å²) in [5.74, 6) is -2.77. The Hall–Kier alpha value is -2.31. The van der Waals surface area contributed by atoms with Gasteiger partial charge < -0.3 is 14.6 Å². The van der Waals surface area contributed by atoms with E-state index in [1.54, 1.807) is 12.1 Å². The number of fused-ring (bicyclic) bond motifs is 5. The van der Waals surface area contributed by atoms with E-state index in [-0.39, 0.29) is 35.6 Å². The van der Waals surface area contributed by atoms with E-state index in [4.69, 9.17) is 9.47 Å². The smallest absolute Gasteiger partial charge is 0.201 e. The number of aliphatic hydroxyl groups is 1. The summed E-state index contributed by atoms with van der Waals surface area (Å²) in [5, 5.41) is 11.0. The largest absolute Gasteiger partial charge is 0.454 e. The quantitative estimate of drug-likeness (QED) is 0.839. The van der Waals surface area contributed by atoms with E-state index >= 15 is 0 Å². The van der Waals surface area contributed by atoms with Gasteiger partial charge in [-0.25, -0.2) is 4.39 Å². The van der Waals surface area contributed by atoms with Crippen LogP contribution in [0.1, 0.15) is 35.4 Å². The Morgan fingerprint density at radius 1 is 1.10 bits per heavy atom. The topological polar surface area (TPSA) is 55.8 Å². The number of halogens is 2. The zero-order chi connectivity index (χ0) is 20.4. The Kier molecular flexibility index (Phi) is 4.26. The molecule has 29 heavy (non-hydrogen) atoms. The number of hydrogen-bond acceptors (Lipinski definition) is 4. The number of Topliss-reactive ketones (excluding diaryl/α,β-unsaturated/α-hetero) is 1. The second-order valence-electron chi connectivity index (χ2n) is 8.39. The lowest BCUT2D eigenvalue weighted by Crippen LogP contribution is -2.31. The van der Waals surface area contributed by atoms with Gasteiger partial charge in [-0.1, -0.05) is 6.07 Å². The molecule has 2 heterocycles. The lowest BCUT2D eigenvalue weighted by molar-refractivity contribution is -0.124. The molecular formula is C23H22F2O4. The fourth-order valence-electron chi connectivity index (χ4n) is 5.61. The molecule has 0 aromatic heterocycles. The van der Waals surface area contributed by atoms with Gasteiger partial charge in [-0.05, 0) is 67.6 Å². The van der Waals surface area contributed by atoms with Gasteiger partial charge in [0, 0.05) is 5.92 Å². The number of benzene rings is 2. The average Bonchev–Trinajstić information content (AvgIpc) is 3.34. The Labute approximate surface area is 167 Å². The van der Waals surface area contributed by atoms with E-state index in [0.29, 0.717) is 5.75 Å². The highest BCUT2D eigenvalue weighted by atomic mass is 19.2. The van der Waals surface area contributed by atoms with Crippen molar-refractivity contribution in [2.75, 3.05) is 0 Å². The van der Waals surface area contributed by atoms with Crippen molar-refractivity contribution in [1.82, 2.24) is 0 Å². The average molecular weight is 400 g/mol. The van der Waals surface area contributed by atoms with Gasteiger partial charge in [-0.2, -0.15) is 4.39 Å². The number of ether oxygens (including phenoxy) is 2. The zero-order valence-electron chi connectivity index (χ0n) is 16.2. The first-order valence-electron chi connectivity index (χ1n) is 9.97. The molecule has 2 bridgehead atoms. The standard InChI is InChI=1S/C23H22F2O4/c1-10-8-12(28-16-5-3-4-13(24)21(16)25)9-11(2)17(10)20-22(26)18-14-6-7-15(29-14)19(18)23(20)27/h3-5,8-9,14-15,18-20,22,26H,6-7H2,1-2H3. The first kappa shape index (κ1) is 18.7. The maximum atomic E-state index is 13.9. The summed E-state index contributed by atoms with van der Waals surface area (Å²) in [6.07, 6.45) is 0.894. The molecule has 1 saturated carbocycles. The molecule has 2 aromatic rings. The Bertz CT molecular complexity index is 981. The maximum Gasteiger partial charge on any atom is 0.201 e. The molecule has 6 atom stereocenters. The van der Waals surface area contributed by atoms with Gasteiger partial charge in [0.15, 0.2) is 11.6 Å². The van der Waals surface area contributed by atoms with Crippen LogP contribution in [0.3, 0.4) is 0 Å². The molecule has 0 amide bonds. The van der Waals surface area contributed by atoms with Crippen LogP contribution in [0.2, 0.25) is 0 Å². The van der Waals surface area contributed by atoms with Gasteiger partial charge in [-0.3, -0.25) is 4.79 Å². The fraction of sp³-hybridized carbons (Fsp3) is 0.435. The molecule has 2 aliphatic heterocycles. The van der Waals surface area contributed by atoms with E-state index in [1.807, 2.05) is 13.8 Å². The lowest BCUT2D eigenvalue weighted by Gasteiger charge is -2.24. The third-order valence-corrected chi connectivity index (χ3v) is 6.72. The molecule has 6 heteroatoms. The van der Waals surface area contributed by atoms with Crippen molar-refractivity contribution in [2.24, 2.45) is 11.8 Å². The molecule has 152 valence electrons. The van der Waals surface area contributed by atoms with Crippen molar-refractivity contribution in [1.29, 1.82) is 0 Å². The highest BCUT2D eigenvalue weighted by molar-refractivity contribution is 5.93. The van der Waals surface area contributed by atoms with Crippen molar-refractivity contribution >= 4 is 5.78 Å². The van der Waals surface area contributed by atoms with Crippen molar-refractivity contribution in [3.63, 3.8) is 0 Å². The van der Waals surface area contributed by atoms with Gasteiger partial charge in [0.05, 0.1) is 30.1 Å². The van der Waals surface area contributed by atoms with E-state index in [0.717, 1.165) is 35.6 Å². The van der Waals surface area contributed by atoms with Crippen LogP contribution in [0.5, 0.6) is 11.5 Å². The van der Waals surface area contributed by atoms with Crippen LogP contribution in [-0.4, -0.2) is 29.2 Å². The minimum absolute atomic E-state index is 0.0341. The number of aryl methyl sites for hydroxylation is 2. The lowest BCUT2D eigenvalue weighted by atomic mass is 9.81. The van der Waals surface area contributed by atoms with Crippen LogP contribution in [-0.2, 0) is 9.53 Å². The van der Waals surface area contributed by atoms with E-state index in [1.165, 1.54) is 12.1 Å². The van der Waals surface area contributed by atoms with Crippen molar-refractivity contribution < 1.29 is 28.2 Å². The predicted molar refractivity (Wildman–Crippen MR) is 101 cm³/mol. The van der Waals surface area contributed by atoms with Gasteiger partial charge >= 0.3 is 0 Å². The first-order chi connectivity index (χ1) is 13.9. The van der Waals surface area contributed by atoms with Crippen molar-refractivity contribution in [3.8, 4) is 11.5 Å². The van der Waals surface area contributed by atoms with Gasteiger partial charge in [-0.15, -0.1) is 0 Å². The van der Waals surface area contributed by atoms with E-state index in [2.05, 4.69) is 0 Å². The zero-order valence-corrected chi connectivity index (χ0v) is 16.2. The number of carbonyl (C=O) groups excluding carboxylic acids is 1. The monoisotopic (exact) mass is 400 g/mol. The van der Waals surface area contributed by atoms with Crippen LogP contribution in [0, 0.1) is 37.3 Å². The minimum atomic E-state index is -1.04. The molecule has 2 saturated heterocycles. The minimum Gasteiger partial charge on any atom is -0.454 e. The Morgan fingerprint density at radius 3 is 2.48 bits per heavy atom. The van der Waals surface area contributed by atoms with Crippen LogP contribution >= 0.6 is 0 Å². The van der Waals surface area contributed by atoms with Crippen LogP contribution in [0.25, 0.3) is 0 Å². The summed E-state index contributed by atoms with van der Waals surface area (Å²) in [7, 11) is 0. The predicted octanol–water partition coefficient (Wildman–Crippen LogP) is 4.19. The van der Waals surface area contributed by atoms with Crippen LogP contribution < -0.4 is 4.74 Å². The molecule has 2 aromatic carbocycles. The second kappa shape index (κ2) is 6.61. The molecule has 5 rings (SSSR count). The van der Waals surface area contributed by atoms with Crippen LogP contribution in [0.4, 0.5) is 8.78 Å². The van der Waals surface area contributed by atoms with E-state index < -0.39 is 23.7 Å². The highest BCUT2D eigenvalue weighted by Crippen LogP contribution is 2.55. The fourth-order valence-corrected chi connectivity index (χ4v) is 5.61. The normalized spacial score (nSPS) is 32.7. The number of rotatable bonds is 3. The molecule has 3 fully saturated rings. The van der Waals surface area contributed by atoms with Crippen LogP contribution in [0.15, 0.2) is 30.3 Å². The molecular weight excluding hydrogens is 378 g/mol. The summed E-state index contributed by atoms with van der Waals surface area (Å²) in [4.78, 5) is 13.2. The SMILES string of the molecule is Cc1cc(Oc2cccc(F)c2F)cc(C)c1C1C(=O)C2C3CCC(O3)C2C1O. The summed E-state index contributed by atoms with van der Waals surface area (Å²) < 4.78 is 38.8. The highest BCUT2D eigenvalue weighted by Gasteiger charge is 2.62. The molecule has 0 spiro atoms. The number of carbonyl (C=O) groups is 1. The number of hydrogen-bond donors (Lipinski definition) is 1. The third kappa shape index (κ3) is 2.73. The summed E-state index contributed by atoms with van der Waals surface area (Å²) in [6.45, 7) is 3.69. The molecule has 4 nitrogen and oxygen atoms in total. The second-order valence-corrected chi connectivity index (χ2v) is 8.39. The van der Waals surface area contributed by atoms with Crippen molar-refractivity contribution in [3.05, 3.63) is 58.7 Å². The number of aliphatic hydroxyl groups excluding tert-OH is 1. The first-order valence-corrected chi connectivity index (χ1v) is 9.97. The maximum absolute atomic E-state index is 13.9. The summed E-state index contributed by atoms with van der Waals surface area (Å²) in [6, 6.07) is 7.17. The van der Waals surface area contributed by atoms with E-state index in [9.17, 15) is 18.7 Å². The van der Waals surface area contributed by atoms with Gasteiger partial charge in [0.25, 0.3) is 0 Å². The number of ketones is 1. The molecule has 3 aliphatic rings.